The highest BCUT2D eigenvalue weighted by molar-refractivity contribution is 5.92. The van der Waals surface area contributed by atoms with E-state index in [1.54, 1.807) is 6.92 Å². The molecule has 0 radical (unpaired) electrons. The number of hydrogen-bond acceptors (Lipinski definition) is 2. The van der Waals surface area contributed by atoms with Crippen molar-refractivity contribution in [3.63, 3.8) is 0 Å². The number of rotatable bonds is 8. The summed E-state index contributed by atoms with van der Waals surface area (Å²) in [4.78, 5) is 11.2. The number of allylic oxidation sites excluding steroid dienone is 16. The Morgan fingerprint density at radius 3 is 1.97 bits per heavy atom. The predicted molar refractivity (Wildman–Crippen MR) is 138 cm³/mol. The smallest absolute Gasteiger partial charge is 0.155 e. The molecule has 0 fully saturated rings. The molecular formula is C30H38O2. The summed E-state index contributed by atoms with van der Waals surface area (Å²) >= 11 is 0. The highest BCUT2D eigenvalue weighted by Crippen LogP contribution is 2.35. The summed E-state index contributed by atoms with van der Waals surface area (Å²) in [6.45, 7) is 13.8. The number of aliphatic hydroxyl groups is 1. The van der Waals surface area contributed by atoms with Gasteiger partial charge in [-0.3, -0.25) is 4.79 Å². The lowest BCUT2D eigenvalue weighted by atomic mass is 9.76. The van der Waals surface area contributed by atoms with E-state index >= 15 is 0 Å². The third kappa shape index (κ3) is 10.9. The second-order valence-corrected chi connectivity index (χ2v) is 8.96. The van der Waals surface area contributed by atoms with Crippen molar-refractivity contribution in [1.29, 1.82) is 0 Å². The monoisotopic (exact) mass is 430 g/mol. The summed E-state index contributed by atoms with van der Waals surface area (Å²) < 4.78 is 0. The molecule has 0 aromatic heterocycles. The fourth-order valence-electron chi connectivity index (χ4n) is 2.96. The topological polar surface area (TPSA) is 37.3 Å². The van der Waals surface area contributed by atoms with Crippen LogP contribution >= 0.6 is 0 Å². The Hall–Kier alpha value is -2.93. The Morgan fingerprint density at radius 2 is 1.44 bits per heavy atom. The quantitative estimate of drug-likeness (QED) is 0.246. The van der Waals surface area contributed by atoms with Gasteiger partial charge in [0.15, 0.2) is 5.78 Å². The van der Waals surface area contributed by atoms with Gasteiger partial charge in [0.1, 0.15) is 0 Å². The minimum absolute atomic E-state index is 0.0702. The van der Waals surface area contributed by atoms with Gasteiger partial charge >= 0.3 is 0 Å². The van der Waals surface area contributed by atoms with E-state index in [1.165, 1.54) is 0 Å². The minimum Gasteiger partial charge on any atom is -0.389 e. The van der Waals surface area contributed by atoms with E-state index in [2.05, 4.69) is 51.7 Å². The van der Waals surface area contributed by atoms with Gasteiger partial charge in [0.2, 0.25) is 0 Å². The molecule has 0 saturated carbocycles. The van der Waals surface area contributed by atoms with Crippen LogP contribution < -0.4 is 0 Å². The molecule has 0 aromatic rings. The van der Waals surface area contributed by atoms with Crippen molar-refractivity contribution in [2.75, 3.05) is 0 Å². The van der Waals surface area contributed by atoms with Gasteiger partial charge < -0.3 is 5.11 Å². The zero-order valence-corrected chi connectivity index (χ0v) is 20.6. The van der Waals surface area contributed by atoms with Crippen molar-refractivity contribution in [1.82, 2.24) is 0 Å². The largest absolute Gasteiger partial charge is 0.389 e. The van der Waals surface area contributed by atoms with Crippen LogP contribution in [0, 0.1) is 5.41 Å². The number of Topliss-reactive ketones (excluding diaryl/α,β-unsaturated/α-hetero) is 1. The van der Waals surface area contributed by atoms with E-state index in [0.29, 0.717) is 0 Å². The number of carbonyl (C=O) groups is 1. The lowest BCUT2D eigenvalue weighted by Crippen LogP contribution is -2.24. The second-order valence-electron chi connectivity index (χ2n) is 8.96. The first-order chi connectivity index (χ1) is 15.0. The maximum atomic E-state index is 11.2. The molecule has 0 bridgehead atoms. The molecule has 170 valence electrons. The van der Waals surface area contributed by atoms with Crippen LogP contribution in [0.25, 0.3) is 0 Å². The number of carbonyl (C=O) groups excluding carboxylic acids is 1. The van der Waals surface area contributed by atoms with E-state index < -0.39 is 0 Å². The summed E-state index contributed by atoms with van der Waals surface area (Å²) in [5, 5.41) is 9.79. The van der Waals surface area contributed by atoms with E-state index in [4.69, 9.17) is 0 Å². The van der Waals surface area contributed by atoms with Crippen molar-refractivity contribution in [2.24, 2.45) is 5.41 Å². The maximum absolute atomic E-state index is 11.2. The van der Waals surface area contributed by atoms with Crippen LogP contribution in [0.1, 0.15) is 54.9 Å². The van der Waals surface area contributed by atoms with Crippen LogP contribution in [-0.4, -0.2) is 17.0 Å². The molecular weight excluding hydrogens is 392 g/mol. The maximum Gasteiger partial charge on any atom is 0.155 e. The highest BCUT2D eigenvalue weighted by atomic mass is 16.3. The van der Waals surface area contributed by atoms with Crippen LogP contribution in [0.2, 0.25) is 0 Å². The molecule has 32 heavy (non-hydrogen) atoms. The molecule has 1 aliphatic carbocycles. The van der Waals surface area contributed by atoms with Gasteiger partial charge in [0, 0.05) is 0 Å². The first-order valence-electron chi connectivity index (χ1n) is 11.1. The van der Waals surface area contributed by atoms with Crippen molar-refractivity contribution in [3.05, 3.63) is 113 Å². The fraction of sp³-hybridized carbons (Fsp3) is 0.333. The minimum atomic E-state index is -0.367. The van der Waals surface area contributed by atoms with Crippen molar-refractivity contribution in [3.8, 4) is 0 Å². The van der Waals surface area contributed by atoms with Gasteiger partial charge in [-0.05, 0) is 69.2 Å². The second kappa shape index (κ2) is 13.5. The molecule has 1 unspecified atom stereocenters. The first-order valence-corrected chi connectivity index (χ1v) is 11.1. The van der Waals surface area contributed by atoms with Crippen molar-refractivity contribution in [2.45, 2.75) is 61.0 Å². The summed E-state index contributed by atoms with van der Waals surface area (Å²) in [7, 11) is 0. The van der Waals surface area contributed by atoms with Gasteiger partial charge in [-0.1, -0.05) is 97.9 Å². The lowest BCUT2D eigenvalue weighted by Gasteiger charge is -2.30. The molecule has 1 aliphatic rings. The van der Waals surface area contributed by atoms with Crippen LogP contribution in [0.5, 0.6) is 0 Å². The molecule has 2 heteroatoms. The number of aliphatic hydroxyl groups excluding tert-OH is 1. The molecule has 0 aliphatic heterocycles. The summed E-state index contributed by atoms with van der Waals surface area (Å²) in [5.74, 6) is 0.0917. The van der Waals surface area contributed by atoms with Crippen molar-refractivity contribution >= 4 is 5.78 Å². The van der Waals surface area contributed by atoms with Gasteiger partial charge in [0.25, 0.3) is 0 Å². The molecule has 0 heterocycles. The number of hydrogen-bond donors (Lipinski definition) is 1. The standard InChI is InChI=1S/C30H38O2/c1-23(12-8-9-13-24(2)16-11-17-26(4)27(5)31)14-10-15-25(3)18-19-28-20-21-29(32)22-30(28,6)7/h8-18,20-21,29,32H,22H2,1-7H3/b9-8+,14-10+,16-11+,23-12+,24-13+,25-15+,26-17+. The van der Waals surface area contributed by atoms with Crippen LogP contribution in [0.4, 0.5) is 0 Å². The van der Waals surface area contributed by atoms with E-state index in [-0.39, 0.29) is 17.3 Å². The summed E-state index contributed by atoms with van der Waals surface area (Å²) in [6.07, 6.45) is 26.2. The van der Waals surface area contributed by atoms with Gasteiger partial charge in [-0.25, -0.2) is 0 Å². The highest BCUT2D eigenvalue weighted by Gasteiger charge is 2.27. The first kappa shape index (κ1) is 27.1. The third-order valence-electron chi connectivity index (χ3n) is 5.20. The van der Waals surface area contributed by atoms with Crippen molar-refractivity contribution < 1.29 is 9.90 Å². The molecule has 1 atom stereocenters. The zero-order chi connectivity index (χ0) is 24.1. The van der Waals surface area contributed by atoms with Crippen LogP contribution in [-0.2, 0) is 4.79 Å². The Morgan fingerprint density at radius 1 is 0.906 bits per heavy atom. The lowest BCUT2D eigenvalue weighted by molar-refractivity contribution is -0.113. The van der Waals surface area contributed by atoms with E-state index in [9.17, 15) is 9.90 Å². The fourth-order valence-corrected chi connectivity index (χ4v) is 2.96. The van der Waals surface area contributed by atoms with E-state index in [1.807, 2.05) is 74.6 Å². The molecule has 0 aromatic carbocycles. The van der Waals surface area contributed by atoms with Gasteiger partial charge in [-0.2, -0.15) is 0 Å². The van der Waals surface area contributed by atoms with E-state index in [0.717, 1.165) is 34.3 Å². The molecule has 1 N–H and O–H groups in total. The Bertz CT molecular complexity index is 976. The zero-order valence-electron chi connectivity index (χ0n) is 20.6. The Balaban J connectivity index is 2.69. The molecule has 0 spiro atoms. The Labute approximate surface area is 194 Å². The molecule has 0 saturated heterocycles. The molecule has 1 rings (SSSR count). The number of ketones is 1. The summed E-state index contributed by atoms with van der Waals surface area (Å²) in [6, 6.07) is 0. The average molecular weight is 431 g/mol. The summed E-state index contributed by atoms with van der Waals surface area (Å²) in [5.41, 5.74) is 8.56. The average Bonchev–Trinajstić information content (AvgIpc) is 2.69. The molecule has 0 amide bonds. The van der Waals surface area contributed by atoms with Gasteiger partial charge in [0.05, 0.1) is 6.10 Å². The predicted octanol–water partition coefficient (Wildman–Crippen LogP) is 7.46. The normalized spacial score (nSPS) is 20.5. The van der Waals surface area contributed by atoms with Crippen LogP contribution in [0.3, 0.4) is 0 Å². The third-order valence-corrected chi connectivity index (χ3v) is 5.20. The van der Waals surface area contributed by atoms with Gasteiger partial charge in [-0.15, -0.1) is 5.73 Å². The van der Waals surface area contributed by atoms with Crippen LogP contribution in [0.15, 0.2) is 113 Å². The Kier molecular flexibility index (Phi) is 11.4. The molecule has 2 nitrogen and oxygen atoms in total. The SMILES string of the molecule is CC(=O)/C(C)=C/C=C/C(C)=C/C=C/C=C(C)/C=C/C=C(\C)C=C=C1C=CC(O)CC1(C)C.